The quantitative estimate of drug-likeness (QED) is 0.905. The molecule has 3 N–H and O–H groups in total. The minimum Gasteiger partial charge on any atom is -0.383 e. The molecule has 1 atom stereocenters. The summed E-state index contributed by atoms with van der Waals surface area (Å²) in [6.07, 6.45) is 4.29. The smallest absolute Gasteiger partial charge is 0.135 e. The molecular weight excluding hydrogens is 260 g/mol. The van der Waals surface area contributed by atoms with Gasteiger partial charge < -0.3 is 11.1 Å². The highest BCUT2D eigenvalue weighted by atomic mass is 15.1. The van der Waals surface area contributed by atoms with Gasteiger partial charge in [0.25, 0.3) is 0 Å². The highest BCUT2D eigenvalue weighted by Crippen LogP contribution is 2.33. The Hall–Kier alpha value is -2.10. The zero-order valence-electron chi connectivity index (χ0n) is 12.7. The number of rotatable bonds is 3. The van der Waals surface area contributed by atoms with E-state index in [0.717, 1.165) is 30.0 Å². The van der Waals surface area contributed by atoms with Gasteiger partial charge in [-0.3, -0.25) is 0 Å². The van der Waals surface area contributed by atoms with Gasteiger partial charge in [0.05, 0.1) is 6.04 Å². The predicted octanol–water partition coefficient (Wildman–Crippen LogP) is 3.42. The fourth-order valence-corrected chi connectivity index (χ4v) is 2.95. The van der Waals surface area contributed by atoms with Gasteiger partial charge in [-0.2, -0.15) is 0 Å². The first kappa shape index (κ1) is 13.9. The van der Waals surface area contributed by atoms with Crippen LogP contribution in [0.2, 0.25) is 0 Å². The number of nitrogens with zero attached hydrogens (tertiary/aromatic N) is 2. The molecule has 1 heterocycles. The second-order valence-corrected chi connectivity index (χ2v) is 5.64. The van der Waals surface area contributed by atoms with E-state index >= 15 is 0 Å². The summed E-state index contributed by atoms with van der Waals surface area (Å²) in [5, 5.41) is 3.59. The van der Waals surface area contributed by atoms with E-state index in [2.05, 4.69) is 39.6 Å². The van der Waals surface area contributed by atoms with E-state index in [1.165, 1.54) is 24.0 Å². The third-order valence-corrected chi connectivity index (χ3v) is 4.23. The normalized spacial score (nSPS) is 17.3. The number of fused-ring (bicyclic) bond motifs is 1. The van der Waals surface area contributed by atoms with Crippen molar-refractivity contribution >= 4 is 11.6 Å². The maximum atomic E-state index is 6.01. The summed E-state index contributed by atoms with van der Waals surface area (Å²) in [5.41, 5.74) is 9.77. The summed E-state index contributed by atoms with van der Waals surface area (Å²) in [6.45, 7) is 4.02. The van der Waals surface area contributed by atoms with Gasteiger partial charge in [0.15, 0.2) is 0 Å². The van der Waals surface area contributed by atoms with Gasteiger partial charge in [0, 0.05) is 12.0 Å². The van der Waals surface area contributed by atoms with E-state index in [9.17, 15) is 0 Å². The van der Waals surface area contributed by atoms with E-state index in [4.69, 9.17) is 5.73 Å². The number of nitrogens with two attached hydrogens (primary N) is 1. The molecule has 21 heavy (non-hydrogen) atoms. The molecule has 0 fully saturated rings. The van der Waals surface area contributed by atoms with Crippen molar-refractivity contribution in [3.8, 4) is 0 Å². The molecule has 0 amide bonds. The number of nitrogens with one attached hydrogen (secondary N) is 1. The molecule has 0 spiro atoms. The fourth-order valence-electron chi connectivity index (χ4n) is 2.95. The van der Waals surface area contributed by atoms with Crippen LogP contribution in [-0.4, -0.2) is 9.97 Å². The first-order valence-corrected chi connectivity index (χ1v) is 7.66. The standard InChI is InChI=1S/C17H22N4/c1-3-15-20-16(18)11(2)17(21-15)19-14-10-6-8-12-7-4-5-9-13(12)14/h4-5,7,9,14H,3,6,8,10H2,1-2H3,(H3,18,19,20,21). The summed E-state index contributed by atoms with van der Waals surface area (Å²) < 4.78 is 0. The van der Waals surface area contributed by atoms with Crippen LogP contribution in [0.1, 0.15) is 48.3 Å². The first-order valence-electron chi connectivity index (χ1n) is 7.66. The summed E-state index contributed by atoms with van der Waals surface area (Å²) in [6, 6.07) is 8.98. The molecule has 4 heteroatoms. The Morgan fingerprint density at radius 1 is 1.29 bits per heavy atom. The lowest BCUT2D eigenvalue weighted by Crippen LogP contribution is -2.19. The number of benzene rings is 1. The van der Waals surface area contributed by atoms with Crippen molar-refractivity contribution in [3.05, 3.63) is 46.8 Å². The molecule has 0 saturated carbocycles. The lowest BCUT2D eigenvalue weighted by molar-refractivity contribution is 0.597. The zero-order chi connectivity index (χ0) is 14.8. The van der Waals surface area contributed by atoms with Crippen molar-refractivity contribution in [2.75, 3.05) is 11.1 Å². The Bertz CT molecular complexity index is 651. The highest BCUT2D eigenvalue weighted by Gasteiger charge is 2.21. The van der Waals surface area contributed by atoms with Crippen LogP contribution in [0.5, 0.6) is 0 Å². The third kappa shape index (κ3) is 2.71. The molecule has 3 rings (SSSR count). The molecule has 4 nitrogen and oxygen atoms in total. The molecule has 2 aromatic rings. The van der Waals surface area contributed by atoms with E-state index in [1.54, 1.807) is 0 Å². The summed E-state index contributed by atoms with van der Waals surface area (Å²) in [5.74, 6) is 2.25. The van der Waals surface area contributed by atoms with Gasteiger partial charge in [-0.1, -0.05) is 31.2 Å². The van der Waals surface area contributed by atoms with Crippen LogP contribution in [0.15, 0.2) is 24.3 Å². The van der Waals surface area contributed by atoms with Gasteiger partial charge >= 0.3 is 0 Å². The number of nitrogen functional groups attached to an aromatic ring is 1. The van der Waals surface area contributed by atoms with Crippen LogP contribution in [0.3, 0.4) is 0 Å². The Morgan fingerprint density at radius 2 is 2.10 bits per heavy atom. The van der Waals surface area contributed by atoms with Gasteiger partial charge in [-0.15, -0.1) is 0 Å². The van der Waals surface area contributed by atoms with Crippen molar-refractivity contribution < 1.29 is 0 Å². The highest BCUT2D eigenvalue weighted by molar-refractivity contribution is 5.56. The second-order valence-electron chi connectivity index (χ2n) is 5.64. The minimum atomic E-state index is 0.313. The Kier molecular flexibility index (Phi) is 3.78. The van der Waals surface area contributed by atoms with Crippen LogP contribution in [0.4, 0.5) is 11.6 Å². The van der Waals surface area contributed by atoms with E-state index in [1.807, 2.05) is 13.8 Å². The number of hydrogen-bond acceptors (Lipinski definition) is 4. The first-order chi connectivity index (χ1) is 10.2. The van der Waals surface area contributed by atoms with Crippen molar-refractivity contribution in [1.29, 1.82) is 0 Å². The predicted molar refractivity (Wildman–Crippen MR) is 86.3 cm³/mol. The molecule has 0 bridgehead atoms. The molecule has 0 saturated heterocycles. The average Bonchev–Trinajstić information content (AvgIpc) is 2.52. The molecule has 1 unspecified atom stereocenters. The fraction of sp³-hybridized carbons (Fsp3) is 0.412. The monoisotopic (exact) mass is 282 g/mol. The van der Waals surface area contributed by atoms with Crippen molar-refractivity contribution in [2.45, 2.75) is 45.6 Å². The van der Waals surface area contributed by atoms with E-state index in [0.29, 0.717) is 11.9 Å². The minimum absolute atomic E-state index is 0.313. The van der Waals surface area contributed by atoms with E-state index < -0.39 is 0 Å². The topological polar surface area (TPSA) is 63.8 Å². The van der Waals surface area contributed by atoms with Crippen LogP contribution in [0, 0.1) is 6.92 Å². The second kappa shape index (κ2) is 5.72. The third-order valence-electron chi connectivity index (χ3n) is 4.23. The van der Waals surface area contributed by atoms with E-state index in [-0.39, 0.29) is 0 Å². The van der Waals surface area contributed by atoms with Gasteiger partial charge in [0.2, 0.25) is 0 Å². The largest absolute Gasteiger partial charge is 0.383 e. The Labute approximate surface area is 125 Å². The maximum absolute atomic E-state index is 6.01. The summed E-state index contributed by atoms with van der Waals surface area (Å²) >= 11 is 0. The Balaban J connectivity index is 1.93. The van der Waals surface area contributed by atoms with Gasteiger partial charge in [-0.25, -0.2) is 9.97 Å². The molecular formula is C17H22N4. The van der Waals surface area contributed by atoms with Crippen LogP contribution in [0.25, 0.3) is 0 Å². The van der Waals surface area contributed by atoms with Gasteiger partial charge in [0.1, 0.15) is 17.5 Å². The number of anilines is 2. The molecule has 0 radical (unpaired) electrons. The zero-order valence-corrected chi connectivity index (χ0v) is 12.7. The number of hydrogen-bond donors (Lipinski definition) is 2. The molecule has 1 aromatic heterocycles. The molecule has 0 aliphatic heterocycles. The van der Waals surface area contributed by atoms with Crippen molar-refractivity contribution in [2.24, 2.45) is 0 Å². The van der Waals surface area contributed by atoms with Crippen LogP contribution in [-0.2, 0) is 12.8 Å². The van der Waals surface area contributed by atoms with Crippen LogP contribution >= 0.6 is 0 Å². The lowest BCUT2D eigenvalue weighted by atomic mass is 9.87. The van der Waals surface area contributed by atoms with Crippen LogP contribution < -0.4 is 11.1 Å². The maximum Gasteiger partial charge on any atom is 0.135 e. The van der Waals surface area contributed by atoms with Crippen molar-refractivity contribution in [1.82, 2.24) is 9.97 Å². The molecule has 1 aliphatic rings. The van der Waals surface area contributed by atoms with Gasteiger partial charge in [-0.05, 0) is 37.3 Å². The number of aryl methyl sites for hydroxylation is 2. The SMILES string of the molecule is CCc1nc(N)c(C)c(NC2CCCc3ccccc32)n1. The lowest BCUT2D eigenvalue weighted by Gasteiger charge is -2.27. The molecule has 110 valence electrons. The average molecular weight is 282 g/mol. The summed E-state index contributed by atoms with van der Waals surface area (Å²) in [7, 11) is 0. The number of aromatic nitrogens is 2. The molecule has 1 aromatic carbocycles. The molecule has 1 aliphatic carbocycles. The van der Waals surface area contributed by atoms with Crippen molar-refractivity contribution in [3.63, 3.8) is 0 Å². The summed E-state index contributed by atoms with van der Waals surface area (Å²) in [4.78, 5) is 8.93. The Morgan fingerprint density at radius 3 is 2.90 bits per heavy atom.